The predicted octanol–water partition coefficient (Wildman–Crippen LogP) is -0.321. The Morgan fingerprint density at radius 2 is 1.70 bits per heavy atom. The molecule has 0 spiro atoms. The number of aliphatic hydroxyl groups is 2. The first kappa shape index (κ1) is 14.2. The lowest BCUT2D eigenvalue weighted by Crippen LogP contribution is -2.33. The van der Waals surface area contributed by atoms with E-state index in [0.717, 1.165) is 0 Å². The Labute approximate surface area is 114 Å². The quantitative estimate of drug-likeness (QED) is 0.696. The second-order valence-corrected chi connectivity index (χ2v) is 4.33. The Morgan fingerprint density at radius 3 is 2.35 bits per heavy atom. The Morgan fingerprint density at radius 1 is 1.05 bits per heavy atom. The van der Waals surface area contributed by atoms with Crippen molar-refractivity contribution in [2.75, 3.05) is 31.2 Å². The molecule has 0 amide bonds. The number of H-pyrrole nitrogens is 1. The molecule has 2 aromatic rings. The van der Waals surface area contributed by atoms with Crippen LogP contribution in [-0.2, 0) is 0 Å². The van der Waals surface area contributed by atoms with E-state index < -0.39 is 5.56 Å². The second-order valence-electron chi connectivity index (χ2n) is 4.33. The number of benzene rings is 1. The molecular formula is C14H16N2O4. The van der Waals surface area contributed by atoms with Gasteiger partial charge in [-0.15, -0.1) is 0 Å². The minimum atomic E-state index is -0.426. The van der Waals surface area contributed by atoms with Crippen LogP contribution in [-0.4, -0.2) is 41.5 Å². The third-order valence-electron chi connectivity index (χ3n) is 3.02. The molecule has 0 aliphatic carbocycles. The molecule has 6 heteroatoms. The lowest BCUT2D eigenvalue weighted by Gasteiger charge is -2.20. The molecule has 0 saturated heterocycles. The number of para-hydroxylation sites is 1. The van der Waals surface area contributed by atoms with Crippen molar-refractivity contribution in [2.24, 2.45) is 0 Å². The summed E-state index contributed by atoms with van der Waals surface area (Å²) < 4.78 is 0. The maximum Gasteiger partial charge on any atom is 0.272 e. The molecule has 3 N–H and O–H groups in total. The van der Waals surface area contributed by atoms with Crippen molar-refractivity contribution in [1.82, 2.24) is 4.98 Å². The lowest BCUT2D eigenvalue weighted by atomic mass is 10.2. The highest BCUT2D eigenvalue weighted by Gasteiger charge is 2.11. The Kier molecular flexibility index (Phi) is 4.49. The third-order valence-corrected chi connectivity index (χ3v) is 3.02. The summed E-state index contributed by atoms with van der Waals surface area (Å²) in [5.41, 5.74) is -0.101. The number of aromatic amines is 1. The summed E-state index contributed by atoms with van der Waals surface area (Å²) >= 11 is 0. The maximum absolute atomic E-state index is 12.2. The minimum Gasteiger partial charge on any atom is -0.395 e. The van der Waals surface area contributed by atoms with Gasteiger partial charge in [-0.2, -0.15) is 0 Å². The number of hydrogen-bond acceptors (Lipinski definition) is 5. The fourth-order valence-corrected chi connectivity index (χ4v) is 2.09. The first-order valence-corrected chi connectivity index (χ1v) is 6.30. The van der Waals surface area contributed by atoms with Gasteiger partial charge in [0.25, 0.3) is 5.56 Å². The van der Waals surface area contributed by atoms with Crippen LogP contribution in [0.2, 0.25) is 0 Å². The Hall–Kier alpha value is -2.18. The zero-order chi connectivity index (χ0) is 14.5. The maximum atomic E-state index is 12.2. The standard InChI is InChI=1S/C14H16N2O4/c17-7-5-16(6-8-18)12-9-13(19)10-3-1-2-4-11(10)15-14(12)20/h1-4,9,17-18H,5-8H2,(H,15,20). The molecule has 0 bridgehead atoms. The highest BCUT2D eigenvalue weighted by molar-refractivity contribution is 5.78. The van der Waals surface area contributed by atoms with Gasteiger partial charge in [0.15, 0.2) is 5.43 Å². The van der Waals surface area contributed by atoms with Crippen molar-refractivity contribution >= 4 is 16.6 Å². The molecule has 0 atom stereocenters. The van der Waals surface area contributed by atoms with Crippen LogP contribution in [0.5, 0.6) is 0 Å². The Balaban J connectivity index is 2.68. The van der Waals surface area contributed by atoms with Crippen LogP contribution in [0.25, 0.3) is 10.9 Å². The van der Waals surface area contributed by atoms with Crippen molar-refractivity contribution in [1.29, 1.82) is 0 Å². The molecule has 0 fully saturated rings. The molecule has 1 aromatic heterocycles. The van der Waals surface area contributed by atoms with Gasteiger partial charge in [0.1, 0.15) is 5.69 Å². The lowest BCUT2D eigenvalue weighted by molar-refractivity contribution is 0.281. The first-order chi connectivity index (χ1) is 9.67. The average molecular weight is 276 g/mol. The van der Waals surface area contributed by atoms with Gasteiger partial charge in [-0.25, -0.2) is 0 Å². The van der Waals surface area contributed by atoms with E-state index in [1.54, 1.807) is 24.3 Å². The van der Waals surface area contributed by atoms with Crippen molar-refractivity contribution in [2.45, 2.75) is 0 Å². The van der Waals surface area contributed by atoms with Gasteiger partial charge < -0.3 is 20.1 Å². The summed E-state index contributed by atoms with van der Waals surface area (Å²) in [7, 11) is 0. The molecule has 20 heavy (non-hydrogen) atoms. The van der Waals surface area contributed by atoms with Crippen LogP contribution < -0.4 is 15.9 Å². The highest BCUT2D eigenvalue weighted by Crippen LogP contribution is 2.08. The van der Waals surface area contributed by atoms with Crippen LogP contribution in [0.3, 0.4) is 0 Å². The van der Waals surface area contributed by atoms with Gasteiger partial charge in [0.05, 0.1) is 18.7 Å². The molecule has 6 nitrogen and oxygen atoms in total. The molecule has 0 radical (unpaired) electrons. The van der Waals surface area contributed by atoms with E-state index >= 15 is 0 Å². The van der Waals surface area contributed by atoms with Crippen molar-refractivity contribution < 1.29 is 10.2 Å². The number of nitrogens with zero attached hydrogens (tertiary/aromatic N) is 1. The number of fused-ring (bicyclic) bond motifs is 1. The molecular weight excluding hydrogens is 260 g/mol. The molecule has 2 rings (SSSR count). The Bertz CT molecular complexity index is 705. The smallest absolute Gasteiger partial charge is 0.272 e. The molecule has 0 aliphatic rings. The van der Waals surface area contributed by atoms with Gasteiger partial charge in [-0.05, 0) is 12.1 Å². The highest BCUT2D eigenvalue weighted by atomic mass is 16.3. The summed E-state index contributed by atoms with van der Waals surface area (Å²) in [5, 5.41) is 18.5. The molecule has 106 valence electrons. The van der Waals surface area contributed by atoms with Gasteiger partial charge in [0, 0.05) is 24.5 Å². The van der Waals surface area contributed by atoms with E-state index in [1.807, 2.05) is 0 Å². The summed E-state index contributed by atoms with van der Waals surface area (Å²) in [6.07, 6.45) is 0. The number of nitrogens with one attached hydrogen (secondary N) is 1. The van der Waals surface area contributed by atoms with E-state index in [9.17, 15) is 9.59 Å². The fourth-order valence-electron chi connectivity index (χ4n) is 2.09. The van der Waals surface area contributed by atoms with Crippen LogP contribution in [0.15, 0.2) is 39.9 Å². The molecule has 0 aliphatic heterocycles. The van der Waals surface area contributed by atoms with E-state index in [1.165, 1.54) is 11.0 Å². The number of aliphatic hydroxyl groups excluding tert-OH is 2. The van der Waals surface area contributed by atoms with Crippen LogP contribution in [0.4, 0.5) is 5.69 Å². The third kappa shape index (κ3) is 2.87. The van der Waals surface area contributed by atoms with Gasteiger partial charge in [-0.3, -0.25) is 9.59 Å². The van der Waals surface area contributed by atoms with E-state index in [0.29, 0.717) is 10.9 Å². The largest absolute Gasteiger partial charge is 0.395 e. The predicted molar refractivity (Wildman–Crippen MR) is 77.2 cm³/mol. The SMILES string of the molecule is O=c1[nH]c2ccccc2c(=O)cc1N(CCO)CCO. The first-order valence-electron chi connectivity index (χ1n) is 6.30. The summed E-state index contributed by atoms with van der Waals surface area (Å²) in [4.78, 5) is 28.5. The van der Waals surface area contributed by atoms with Crippen molar-refractivity contribution in [3.8, 4) is 0 Å². The van der Waals surface area contributed by atoms with Gasteiger partial charge >= 0.3 is 0 Å². The average Bonchev–Trinajstić information content (AvgIpc) is 2.56. The zero-order valence-corrected chi connectivity index (χ0v) is 10.9. The normalized spacial score (nSPS) is 10.7. The van der Waals surface area contributed by atoms with E-state index in [-0.39, 0.29) is 37.4 Å². The molecule has 1 aromatic carbocycles. The van der Waals surface area contributed by atoms with E-state index in [2.05, 4.69) is 4.98 Å². The van der Waals surface area contributed by atoms with Crippen LogP contribution in [0.1, 0.15) is 0 Å². The van der Waals surface area contributed by atoms with E-state index in [4.69, 9.17) is 10.2 Å². The topological polar surface area (TPSA) is 93.6 Å². The van der Waals surface area contributed by atoms with Crippen LogP contribution in [0, 0.1) is 0 Å². The molecule has 1 heterocycles. The summed E-state index contributed by atoms with van der Waals surface area (Å²) in [5.74, 6) is 0. The number of hydrogen-bond donors (Lipinski definition) is 3. The minimum absolute atomic E-state index is 0.148. The number of rotatable bonds is 5. The number of anilines is 1. The monoisotopic (exact) mass is 276 g/mol. The summed E-state index contributed by atoms with van der Waals surface area (Å²) in [6, 6.07) is 7.99. The fraction of sp³-hybridized carbons (Fsp3) is 0.286. The van der Waals surface area contributed by atoms with Crippen LogP contribution >= 0.6 is 0 Å². The molecule has 0 saturated carbocycles. The zero-order valence-electron chi connectivity index (χ0n) is 10.9. The van der Waals surface area contributed by atoms with Gasteiger partial charge in [0.2, 0.25) is 0 Å². The second kappa shape index (κ2) is 6.31. The van der Waals surface area contributed by atoms with Crippen molar-refractivity contribution in [3.05, 3.63) is 50.9 Å². The van der Waals surface area contributed by atoms with Crippen molar-refractivity contribution in [3.63, 3.8) is 0 Å². The van der Waals surface area contributed by atoms with Gasteiger partial charge in [-0.1, -0.05) is 12.1 Å². The number of aromatic nitrogens is 1. The molecule has 0 unspecified atom stereocenters. The summed E-state index contributed by atoms with van der Waals surface area (Å²) in [6.45, 7) is -0.00953.